The van der Waals surface area contributed by atoms with Crippen LogP contribution in [-0.4, -0.2) is 38.4 Å². The number of aromatic nitrogens is 3. The third kappa shape index (κ3) is 2.56. The summed E-state index contributed by atoms with van der Waals surface area (Å²) < 4.78 is 1.73. The molecule has 2 aromatic rings. The summed E-state index contributed by atoms with van der Waals surface area (Å²) in [6.07, 6.45) is 7.15. The molecule has 4 unspecified atom stereocenters. The zero-order valence-electron chi connectivity index (χ0n) is 13.9. The Bertz CT molecular complexity index is 768. The molecule has 128 valence electrons. The number of rotatable bonds is 4. The molecule has 2 saturated carbocycles. The zero-order valence-corrected chi connectivity index (χ0v) is 14.7. The molecular weight excluding hydrogens is 324 g/mol. The van der Waals surface area contributed by atoms with Crippen molar-refractivity contribution >= 4 is 17.2 Å². The van der Waals surface area contributed by atoms with Crippen LogP contribution in [0.4, 0.5) is 0 Å². The van der Waals surface area contributed by atoms with Gasteiger partial charge in [0.05, 0.1) is 11.9 Å². The van der Waals surface area contributed by atoms with Crippen LogP contribution < -0.4 is 5.32 Å². The first-order chi connectivity index (χ1) is 11.6. The van der Waals surface area contributed by atoms with Gasteiger partial charge >= 0.3 is 0 Å². The third-order valence-electron chi connectivity index (χ3n) is 5.55. The lowest BCUT2D eigenvalue weighted by molar-refractivity contribution is 0.0865. The Morgan fingerprint density at radius 2 is 2.25 bits per heavy atom. The molecule has 24 heavy (non-hydrogen) atoms. The monoisotopic (exact) mass is 346 g/mol. The fraction of sp³-hybridized carbons (Fsp3) is 0.588. The van der Waals surface area contributed by atoms with Gasteiger partial charge in [0, 0.05) is 37.4 Å². The minimum Gasteiger partial charge on any atom is -0.396 e. The van der Waals surface area contributed by atoms with E-state index in [-0.39, 0.29) is 24.5 Å². The molecule has 2 N–H and O–H groups in total. The van der Waals surface area contributed by atoms with E-state index in [1.165, 1.54) is 17.8 Å². The Labute approximate surface area is 144 Å². The van der Waals surface area contributed by atoms with E-state index in [4.69, 9.17) is 0 Å². The van der Waals surface area contributed by atoms with Crippen LogP contribution in [0.25, 0.3) is 10.6 Å². The first kappa shape index (κ1) is 15.8. The van der Waals surface area contributed by atoms with Crippen molar-refractivity contribution in [3.63, 3.8) is 0 Å². The topological polar surface area (TPSA) is 80.0 Å². The average Bonchev–Trinajstić information content (AvgIpc) is 3.30. The van der Waals surface area contributed by atoms with E-state index in [9.17, 15) is 9.90 Å². The van der Waals surface area contributed by atoms with Crippen molar-refractivity contribution in [2.45, 2.75) is 32.2 Å². The van der Waals surface area contributed by atoms with E-state index in [0.717, 1.165) is 29.1 Å². The highest BCUT2D eigenvalue weighted by Crippen LogP contribution is 2.48. The number of aliphatic hydroxyl groups is 1. The summed E-state index contributed by atoms with van der Waals surface area (Å²) >= 11 is 1.41. The minimum atomic E-state index is -0.0591. The summed E-state index contributed by atoms with van der Waals surface area (Å²) in [4.78, 5) is 18.0. The molecule has 0 radical (unpaired) electrons. The first-order valence-corrected chi connectivity index (χ1v) is 9.26. The molecule has 0 saturated heterocycles. The Balaban J connectivity index is 1.54. The van der Waals surface area contributed by atoms with Gasteiger partial charge in [0.15, 0.2) is 0 Å². The number of hydrogen-bond donors (Lipinski definition) is 2. The molecule has 4 rings (SSSR count). The molecule has 1 amide bonds. The van der Waals surface area contributed by atoms with Crippen molar-refractivity contribution in [1.29, 1.82) is 0 Å². The Morgan fingerprint density at radius 3 is 2.96 bits per heavy atom. The third-order valence-corrected chi connectivity index (χ3v) is 6.76. The van der Waals surface area contributed by atoms with Crippen LogP contribution in [0, 0.1) is 24.7 Å². The highest BCUT2D eigenvalue weighted by molar-refractivity contribution is 7.17. The Hall–Kier alpha value is -1.73. The van der Waals surface area contributed by atoms with E-state index in [1.54, 1.807) is 10.9 Å². The standard InChI is InChI=1S/C17H22N4O2S/c1-9-15(24-17(19-9)12-6-18-21(2)7-12)16(23)20-14-11-4-3-10(5-11)13(14)8-22/h6-7,10-11,13-14,22H,3-5,8H2,1-2H3,(H,20,23). The van der Waals surface area contributed by atoms with Crippen LogP contribution in [-0.2, 0) is 7.05 Å². The fourth-order valence-electron chi connectivity index (χ4n) is 4.38. The number of carbonyl (C=O) groups excluding carboxylic acids is 1. The number of carbonyl (C=O) groups is 1. The Morgan fingerprint density at radius 1 is 1.46 bits per heavy atom. The summed E-state index contributed by atoms with van der Waals surface area (Å²) in [5.74, 6) is 1.23. The van der Waals surface area contributed by atoms with Crippen molar-refractivity contribution in [3.05, 3.63) is 23.0 Å². The molecule has 2 fully saturated rings. The number of fused-ring (bicyclic) bond motifs is 2. The lowest BCUT2D eigenvalue weighted by Crippen LogP contribution is -2.45. The van der Waals surface area contributed by atoms with Crippen molar-refractivity contribution in [1.82, 2.24) is 20.1 Å². The highest BCUT2D eigenvalue weighted by atomic mass is 32.1. The maximum absolute atomic E-state index is 12.8. The van der Waals surface area contributed by atoms with Crippen molar-refractivity contribution in [2.24, 2.45) is 24.8 Å². The molecule has 4 atom stereocenters. The number of amides is 1. The van der Waals surface area contributed by atoms with Gasteiger partial charge in [-0.3, -0.25) is 9.48 Å². The molecule has 7 heteroatoms. The largest absolute Gasteiger partial charge is 0.396 e. The predicted octanol–water partition coefficient (Wildman–Crippen LogP) is 1.99. The summed E-state index contributed by atoms with van der Waals surface area (Å²) in [5, 5.41) is 17.8. The smallest absolute Gasteiger partial charge is 0.263 e. The number of thiazole rings is 1. The summed E-state index contributed by atoms with van der Waals surface area (Å²) in [5.41, 5.74) is 1.68. The van der Waals surface area contributed by atoms with Crippen LogP contribution in [0.2, 0.25) is 0 Å². The summed E-state index contributed by atoms with van der Waals surface area (Å²) in [7, 11) is 1.86. The van der Waals surface area contributed by atoms with Gasteiger partial charge < -0.3 is 10.4 Å². The second-order valence-corrected chi connectivity index (χ2v) is 8.01. The normalized spacial score (nSPS) is 28.5. The lowest BCUT2D eigenvalue weighted by Gasteiger charge is -2.30. The van der Waals surface area contributed by atoms with Crippen LogP contribution in [0.1, 0.15) is 34.6 Å². The molecule has 0 aliphatic heterocycles. The van der Waals surface area contributed by atoms with Crippen LogP contribution in [0.5, 0.6) is 0 Å². The van der Waals surface area contributed by atoms with Gasteiger partial charge in [0.1, 0.15) is 9.88 Å². The van der Waals surface area contributed by atoms with E-state index in [1.807, 2.05) is 20.2 Å². The van der Waals surface area contributed by atoms with Gasteiger partial charge in [-0.1, -0.05) is 0 Å². The minimum absolute atomic E-state index is 0.0591. The molecule has 2 heterocycles. The number of nitrogens with zero attached hydrogens (tertiary/aromatic N) is 3. The average molecular weight is 346 g/mol. The van der Waals surface area contributed by atoms with Gasteiger partial charge in [-0.25, -0.2) is 4.98 Å². The SMILES string of the molecule is Cc1nc(-c2cnn(C)c2)sc1C(=O)NC1C2CCC(C2)C1CO. The lowest BCUT2D eigenvalue weighted by atomic mass is 9.85. The molecule has 2 aliphatic carbocycles. The molecule has 0 spiro atoms. The van der Waals surface area contributed by atoms with Gasteiger partial charge in [-0.15, -0.1) is 11.3 Å². The van der Waals surface area contributed by atoms with Crippen LogP contribution >= 0.6 is 11.3 Å². The fourth-order valence-corrected chi connectivity index (χ4v) is 5.32. The summed E-state index contributed by atoms with van der Waals surface area (Å²) in [6, 6.07) is 0.101. The highest BCUT2D eigenvalue weighted by Gasteiger charge is 2.47. The second-order valence-electron chi connectivity index (χ2n) is 7.02. The van der Waals surface area contributed by atoms with Gasteiger partial charge in [-0.05, 0) is 38.0 Å². The number of nitrogens with one attached hydrogen (secondary N) is 1. The molecule has 2 aromatic heterocycles. The maximum Gasteiger partial charge on any atom is 0.263 e. The van der Waals surface area contributed by atoms with Crippen LogP contribution in [0.3, 0.4) is 0 Å². The molecule has 6 nitrogen and oxygen atoms in total. The number of hydrogen-bond acceptors (Lipinski definition) is 5. The van der Waals surface area contributed by atoms with E-state index >= 15 is 0 Å². The second kappa shape index (κ2) is 5.97. The maximum atomic E-state index is 12.8. The predicted molar refractivity (Wildman–Crippen MR) is 91.7 cm³/mol. The van der Waals surface area contributed by atoms with E-state index in [0.29, 0.717) is 16.7 Å². The molecule has 2 aliphatic rings. The van der Waals surface area contributed by atoms with E-state index < -0.39 is 0 Å². The van der Waals surface area contributed by atoms with E-state index in [2.05, 4.69) is 15.4 Å². The summed E-state index contributed by atoms with van der Waals surface area (Å²) in [6.45, 7) is 2.03. The van der Waals surface area contributed by atoms with Crippen LogP contribution in [0.15, 0.2) is 12.4 Å². The molecular formula is C17H22N4O2S. The zero-order chi connectivity index (χ0) is 16.8. The number of aryl methyl sites for hydroxylation is 2. The van der Waals surface area contributed by atoms with Crippen molar-refractivity contribution < 1.29 is 9.90 Å². The molecule has 0 aromatic carbocycles. The Kier molecular flexibility index (Phi) is 3.92. The van der Waals surface area contributed by atoms with Gasteiger partial charge in [-0.2, -0.15) is 5.10 Å². The van der Waals surface area contributed by atoms with Gasteiger partial charge in [0.2, 0.25) is 0 Å². The van der Waals surface area contributed by atoms with Crippen molar-refractivity contribution in [2.75, 3.05) is 6.61 Å². The van der Waals surface area contributed by atoms with Crippen molar-refractivity contribution in [3.8, 4) is 10.6 Å². The van der Waals surface area contributed by atoms with Gasteiger partial charge in [0.25, 0.3) is 5.91 Å². The molecule has 2 bridgehead atoms. The first-order valence-electron chi connectivity index (χ1n) is 8.45. The quantitative estimate of drug-likeness (QED) is 0.887. The number of aliphatic hydroxyl groups excluding tert-OH is 1.